The molecule has 2 heterocycles. The molecule has 138 valence electrons. The predicted molar refractivity (Wildman–Crippen MR) is 107 cm³/mol. The van der Waals surface area contributed by atoms with Crippen LogP contribution in [0.25, 0.3) is 0 Å². The van der Waals surface area contributed by atoms with Gasteiger partial charge >= 0.3 is 0 Å². The molecule has 1 aliphatic rings. The van der Waals surface area contributed by atoms with Gasteiger partial charge in [0.05, 0.1) is 5.71 Å². The van der Waals surface area contributed by atoms with Gasteiger partial charge < -0.3 is 9.74 Å². The Morgan fingerprint density at radius 2 is 2.04 bits per heavy atom. The Balaban J connectivity index is 1.58. The molecular weight excluding hydrogens is 348 g/mol. The number of anilines is 1. The number of halogens is 1. The molecule has 2 aromatic rings. The number of nitrogens with zero attached hydrogens (tertiary/aromatic N) is 4. The van der Waals surface area contributed by atoms with Crippen molar-refractivity contribution in [2.24, 2.45) is 5.16 Å². The number of benzene rings is 1. The van der Waals surface area contributed by atoms with Gasteiger partial charge in [0.25, 0.3) is 0 Å². The first kappa shape index (κ1) is 18.7. The molecule has 26 heavy (non-hydrogen) atoms. The lowest BCUT2D eigenvalue weighted by atomic mass is 10.1. The molecule has 5 nitrogen and oxygen atoms in total. The summed E-state index contributed by atoms with van der Waals surface area (Å²) in [6.45, 7) is 6.19. The van der Waals surface area contributed by atoms with Crippen molar-refractivity contribution in [3.8, 4) is 0 Å². The fourth-order valence-electron chi connectivity index (χ4n) is 3.32. The molecule has 0 spiro atoms. The van der Waals surface area contributed by atoms with Crippen molar-refractivity contribution in [1.29, 1.82) is 0 Å². The van der Waals surface area contributed by atoms with Gasteiger partial charge in [0.1, 0.15) is 12.9 Å². The van der Waals surface area contributed by atoms with Gasteiger partial charge in [0.15, 0.2) is 0 Å². The van der Waals surface area contributed by atoms with Crippen molar-refractivity contribution >= 4 is 23.1 Å². The average Bonchev–Trinajstić information content (AvgIpc) is 2.67. The highest BCUT2D eigenvalue weighted by atomic mass is 35.5. The predicted octanol–water partition coefficient (Wildman–Crippen LogP) is 3.69. The molecule has 1 saturated heterocycles. The lowest BCUT2D eigenvalue weighted by Gasteiger charge is -2.40. The molecule has 1 aromatic heterocycles. The van der Waals surface area contributed by atoms with E-state index in [0.29, 0.717) is 6.04 Å². The van der Waals surface area contributed by atoms with Crippen LogP contribution in [0.4, 0.5) is 5.82 Å². The highest BCUT2D eigenvalue weighted by molar-refractivity contribution is 6.30. The number of rotatable bonds is 6. The second-order valence-electron chi connectivity index (χ2n) is 6.50. The molecule has 0 aliphatic carbocycles. The van der Waals surface area contributed by atoms with E-state index in [9.17, 15) is 0 Å². The van der Waals surface area contributed by atoms with Crippen molar-refractivity contribution in [3.05, 3.63) is 59.2 Å². The number of hydrogen-bond donors (Lipinski definition) is 0. The Morgan fingerprint density at radius 1 is 1.23 bits per heavy atom. The van der Waals surface area contributed by atoms with Gasteiger partial charge in [-0.3, -0.25) is 4.90 Å². The van der Waals surface area contributed by atoms with Gasteiger partial charge in [-0.15, -0.1) is 0 Å². The molecule has 1 atom stereocenters. The third-order valence-electron chi connectivity index (χ3n) is 4.75. The van der Waals surface area contributed by atoms with Crippen LogP contribution in [0.15, 0.2) is 53.8 Å². The highest BCUT2D eigenvalue weighted by Crippen LogP contribution is 2.18. The molecule has 3 rings (SSSR count). The lowest BCUT2D eigenvalue weighted by molar-refractivity contribution is 0.190. The van der Waals surface area contributed by atoms with E-state index in [-0.39, 0.29) is 0 Å². The Bertz CT molecular complexity index is 720. The number of piperazine rings is 1. The lowest BCUT2D eigenvalue weighted by Crippen LogP contribution is -2.52. The van der Waals surface area contributed by atoms with Gasteiger partial charge in [-0.1, -0.05) is 35.0 Å². The van der Waals surface area contributed by atoms with Crippen LogP contribution in [0.2, 0.25) is 5.02 Å². The largest absolute Gasteiger partial charge is 0.399 e. The van der Waals surface area contributed by atoms with Crippen molar-refractivity contribution in [1.82, 2.24) is 9.88 Å². The minimum absolute atomic E-state index is 0.458. The van der Waals surface area contributed by atoms with Gasteiger partial charge in [-0.2, -0.15) is 0 Å². The van der Waals surface area contributed by atoms with E-state index in [1.165, 1.54) is 0 Å². The molecule has 0 unspecified atom stereocenters. The molecule has 1 aliphatic heterocycles. The van der Waals surface area contributed by atoms with Crippen LogP contribution in [0.3, 0.4) is 0 Å². The second kappa shape index (κ2) is 9.01. The smallest absolute Gasteiger partial charge is 0.128 e. The third-order valence-corrected chi connectivity index (χ3v) is 5.01. The van der Waals surface area contributed by atoms with Crippen LogP contribution in [0, 0.1) is 0 Å². The van der Waals surface area contributed by atoms with Crippen molar-refractivity contribution in [3.63, 3.8) is 0 Å². The quantitative estimate of drug-likeness (QED) is 0.573. The van der Waals surface area contributed by atoms with E-state index in [2.05, 4.69) is 32.9 Å². The number of oxime groups is 1. The topological polar surface area (TPSA) is 41.0 Å². The summed E-state index contributed by atoms with van der Waals surface area (Å²) in [5.74, 6) is 1.06. The van der Waals surface area contributed by atoms with Crippen molar-refractivity contribution < 1.29 is 4.84 Å². The zero-order valence-corrected chi connectivity index (χ0v) is 16.1. The Kier molecular flexibility index (Phi) is 6.47. The van der Waals surface area contributed by atoms with Crippen molar-refractivity contribution in [2.45, 2.75) is 19.4 Å². The van der Waals surface area contributed by atoms with Gasteiger partial charge in [-0.25, -0.2) is 4.98 Å². The zero-order chi connectivity index (χ0) is 18.4. The minimum atomic E-state index is 0.458. The fraction of sp³-hybridized carbons (Fsp3) is 0.400. The van der Waals surface area contributed by atoms with E-state index in [4.69, 9.17) is 16.4 Å². The van der Waals surface area contributed by atoms with Gasteiger partial charge in [-0.05, 0) is 36.8 Å². The molecule has 6 heteroatoms. The van der Waals surface area contributed by atoms with Crippen LogP contribution in [0.5, 0.6) is 0 Å². The van der Waals surface area contributed by atoms with Gasteiger partial charge in [0, 0.05) is 49.9 Å². The molecule has 0 saturated carbocycles. The summed E-state index contributed by atoms with van der Waals surface area (Å²) < 4.78 is 0. The van der Waals surface area contributed by atoms with E-state index in [1.54, 1.807) is 7.11 Å². The standard InChI is InChI=1S/C20H25ClN4O/c1-16-15-25(20-5-3-4-11-22-20)14-13-24(16)12-10-19(23-26-2)17-6-8-18(21)9-7-17/h3-9,11,16H,10,12-15H2,1-2H3/b23-19-/t16-/m0/s1. The van der Waals surface area contributed by atoms with Crippen LogP contribution in [-0.2, 0) is 4.84 Å². The second-order valence-corrected chi connectivity index (χ2v) is 6.93. The first-order valence-corrected chi connectivity index (χ1v) is 9.31. The minimum Gasteiger partial charge on any atom is -0.399 e. The summed E-state index contributed by atoms with van der Waals surface area (Å²) in [6.07, 6.45) is 2.69. The third kappa shape index (κ3) is 4.74. The van der Waals surface area contributed by atoms with Crippen LogP contribution in [0.1, 0.15) is 18.9 Å². The summed E-state index contributed by atoms with van der Waals surface area (Å²) in [5, 5.41) is 4.95. The molecule has 0 radical (unpaired) electrons. The van der Waals surface area contributed by atoms with Gasteiger partial charge in [0.2, 0.25) is 0 Å². The molecule has 0 N–H and O–H groups in total. The summed E-state index contributed by atoms with van der Waals surface area (Å²) in [5.41, 5.74) is 2.00. The Morgan fingerprint density at radius 3 is 2.69 bits per heavy atom. The molecule has 1 aromatic carbocycles. The number of aromatic nitrogens is 1. The van der Waals surface area contributed by atoms with E-state index in [1.807, 2.05) is 42.6 Å². The summed E-state index contributed by atoms with van der Waals surface area (Å²) in [4.78, 5) is 14.4. The molecular formula is C20H25ClN4O. The number of hydrogen-bond acceptors (Lipinski definition) is 5. The first-order valence-electron chi connectivity index (χ1n) is 8.93. The highest BCUT2D eigenvalue weighted by Gasteiger charge is 2.24. The monoisotopic (exact) mass is 372 g/mol. The van der Waals surface area contributed by atoms with Crippen molar-refractivity contribution in [2.75, 3.05) is 38.2 Å². The SMILES string of the molecule is CO/N=C(/CCN1CCN(c2ccccn2)C[C@@H]1C)c1ccc(Cl)cc1. The molecule has 0 amide bonds. The maximum absolute atomic E-state index is 5.99. The number of pyridine rings is 1. The van der Waals surface area contributed by atoms with Crippen LogP contribution in [-0.4, -0.2) is 54.9 Å². The van der Waals surface area contributed by atoms with Crippen LogP contribution >= 0.6 is 11.6 Å². The van der Waals surface area contributed by atoms with E-state index < -0.39 is 0 Å². The average molecular weight is 373 g/mol. The summed E-state index contributed by atoms with van der Waals surface area (Å²) in [7, 11) is 1.59. The summed E-state index contributed by atoms with van der Waals surface area (Å²) in [6, 6.07) is 14.3. The van der Waals surface area contributed by atoms with Crippen LogP contribution < -0.4 is 4.90 Å². The zero-order valence-electron chi connectivity index (χ0n) is 15.3. The maximum atomic E-state index is 5.99. The Hall–Kier alpha value is -2.11. The summed E-state index contributed by atoms with van der Waals surface area (Å²) >= 11 is 5.99. The normalized spacial score (nSPS) is 18.8. The first-order chi connectivity index (χ1) is 12.7. The fourth-order valence-corrected chi connectivity index (χ4v) is 3.45. The Labute approximate surface area is 160 Å². The molecule has 0 bridgehead atoms. The maximum Gasteiger partial charge on any atom is 0.128 e. The molecule has 1 fully saturated rings. The van der Waals surface area contributed by atoms with E-state index >= 15 is 0 Å². The van der Waals surface area contributed by atoms with E-state index in [0.717, 1.165) is 54.7 Å².